The molecule has 18 heavy (non-hydrogen) atoms. The summed E-state index contributed by atoms with van der Waals surface area (Å²) in [7, 11) is 0. The third-order valence-electron chi connectivity index (χ3n) is 3.99. The highest BCUT2D eigenvalue weighted by Crippen LogP contribution is 2.31. The molecule has 1 heterocycles. The van der Waals surface area contributed by atoms with Gasteiger partial charge in [0.05, 0.1) is 5.69 Å². The fourth-order valence-corrected chi connectivity index (χ4v) is 2.58. The van der Waals surface area contributed by atoms with Crippen molar-refractivity contribution in [3.8, 4) is 0 Å². The van der Waals surface area contributed by atoms with Crippen molar-refractivity contribution in [2.45, 2.75) is 39.2 Å². The van der Waals surface area contributed by atoms with E-state index in [2.05, 4.69) is 24.1 Å². The second kappa shape index (κ2) is 5.33. The van der Waals surface area contributed by atoms with Crippen molar-refractivity contribution in [3.05, 3.63) is 28.4 Å². The zero-order valence-corrected chi connectivity index (χ0v) is 10.8. The van der Waals surface area contributed by atoms with Crippen molar-refractivity contribution in [2.75, 3.05) is 5.32 Å². The van der Waals surface area contributed by atoms with Crippen molar-refractivity contribution < 1.29 is 4.92 Å². The van der Waals surface area contributed by atoms with Gasteiger partial charge in [-0.2, -0.15) is 0 Å². The van der Waals surface area contributed by atoms with Crippen LogP contribution in [0.15, 0.2) is 18.3 Å². The molecule has 1 aromatic rings. The first kappa shape index (κ1) is 12.8. The maximum atomic E-state index is 10.5. The van der Waals surface area contributed by atoms with E-state index in [4.69, 9.17) is 0 Å². The molecule has 1 fully saturated rings. The molecule has 0 spiro atoms. The topological polar surface area (TPSA) is 68.1 Å². The quantitative estimate of drug-likeness (QED) is 0.659. The van der Waals surface area contributed by atoms with Crippen LogP contribution in [0.1, 0.15) is 33.1 Å². The summed E-state index contributed by atoms with van der Waals surface area (Å²) in [6.07, 6.45) is 5.23. The number of pyridine rings is 1. The van der Waals surface area contributed by atoms with E-state index in [0.29, 0.717) is 12.0 Å². The molecule has 2 rings (SSSR count). The summed E-state index contributed by atoms with van der Waals surface area (Å²) in [6, 6.07) is 3.62. The predicted octanol–water partition coefficient (Wildman–Crippen LogP) is 3.23. The third kappa shape index (κ3) is 2.78. The van der Waals surface area contributed by atoms with Crippen molar-refractivity contribution in [1.82, 2.24) is 4.98 Å². The van der Waals surface area contributed by atoms with Crippen LogP contribution in [0.2, 0.25) is 0 Å². The predicted molar refractivity (Wildman–Crippen MR) is 70.5 cm³/mol. The van der Waals surface area contributed by atoms with E-state index >= 15 is 0 Å². The van der Waals surface area contributed by atoms with Crippen molar-refractivity contribution >= 4 is 11.5 Å². The second-order valence-electron chi connectivity index (χ2n) is 5.18. The molecule has 0 radical (unpaired) electrons. The van der Waals surface area contributed by atoms with Gasteiger partial charge in [-0.3, -0.25) is 0 Å². The number of nitrogens with one attached hydrogen (secondary N) is 1. The lowest BCUT2D eigenvalue weighted by Crippen LogP contribution is -2.35. The summed E-state index contributed by atoms with van der Waals surface area (Å²) in [4.78, 5) is 13.9. The summed E-state index contributed by atoms with van der Waals surface area (Å²) in [5.74, 6) is 1.24. The monoisotopic (exact) mass is 249 g/mol. The summed E-state index contributed by atoms with van der Waals surface area (Å²) < 4.78 is 0. The summed E-state index contributed by atoms with van der Waals surface area (Å²) in [5.41, 5.74) is 0.867. The molecule has 0 amide bonds. The van der Waals surface area contributed by atoms with Gasteiger partial charge in [0, 0.05) is 12.1 Å². The number of hydrogen-bond acceptors (Lipinski definition) is 4. The van der Waals surface area contributed by atoms with Gasteiger partial charge in [0.25, 0.3) is 0 Å². The van der Waals surface area contributed by atoms with Crippen LogP contribution in [0.5, 0.6) is 0 Å². The fourth-order valence-electron chi connectivity index (χ4n) is 2.58. The summed E-state index contributed by atoms with van der Waals surface area (Å²) in [5, 5.41) is 14.0. The maximum absolute atomic E-state index is 10.5. The van der Waals surface area contributed by atoms with Gasteiger partial charge in [-0.15, -0.1) is 0 Å². The Morgan fingerprint density at radius 2 is 2.17 bits per heavy atom. The van der Waals surface area contributed by atoms with Crippen molar-refractivity contribution in [1.29, 1.82) is 0 Å². The van der Waals surface area contributed by atoms with E-state index < -0.39 is 4.92 Å². The number of aromatic nitrogens is 1. The molecule has 5 heteroatoms. The Hall–Kier alpha value is -1.65. The Balaban J connectivity index is 2.02. The summed E-state index contributed by atoms with van der Waals surface area (Å²) >= 11 is 0. The van der Waals surface area contributed by atoms with Gasteiger partial charge in [-0.25, -0.2) is 0 Å². The van der Waals surface area contributed by atoms with Crippen molar-refractivity contribution in [3.63, 3.8) is 0 Å². The lowest BCUT2D eigenvalue weighted by molar-refractivity contribution is -0.389. The molecule has 5 nitrogen and oxygen atoms in total. The number of rotatable bonds is 3. The van der Waals surface area contributed by atoms with Gasteiger partial charge < -0.3 is 15.4 Å². The Bertz CT molecular complexity index is 419. The zero-order valence-electron chi connectivity index (χ0n) is 10.8. The van der Waals surface area contributed by atoms with Crippen LogP contribution >= 0.6 is 0 Å². The average Bonchev–Trinajstić information content (AvgIpc) is 2.36. The first-order valence-electron chi connectivity index (χ1n) is 6.45. The van der Waals surface area contributed by atoms with E-state index in [1.54, 1.807) is 12.3 Å². The Labute approximate surface area is 107 Å². The molecular weight excluding hydrogens is 230 g/mol. The molecule has 1 aliphatic carbocycles. The van der Waals surface area contributed by atoms with Crippen LogP contribution in [0.3, 0.4) is 0 Å². The second-order valence-corrected chi connectivity index (χ2v) is 5.18. The van der Waals surface area contributed by atoms with E-state index in [9.17, 15) is 10.1 Å². The highest BCUT2D eigenvalue weighted by Gasteiger charge is 2.27. The van der Waals surface area contributed by atoms with E-state index in [1.807, 2.05) is 0 Å². The zero-order chi connectivity index (χ0) is 13.1. The SMILES string of the molecule is C[C@@H]1[C@@H](C)CCC[C@H]1Nc1ccc([N+](=O)[O-])nc1. The highest BCUT2D eigenvalue weighted by molar-refractivity contribution is 5.44. The molecule has 0 unspecified atom stereocenters. The largest absolute Gasteiger partial charge is 0.379 e. The number of hydrogen-bond donors (Lipinski definition) is 1. The normalized spacial score (nSPS) is 27.8. The van der Waals surface area contributed by atoms with Gasteiger partial charge in [0.15, 0.2) is 6.20 Å². The fraction of sp³-hybridized carbons (Fsp3) is 0.615. The Morgan fingerprint density at radius 3 is 2.78 bits per heavy atom. The average molecular weight is 249 g/mol. The molecule has 0 aromatic carbocycles. The third-order valence-corrected chi connectivity index (χ3v) is 3.99. The standard InChI is InChI=1S/C13H19N3O2/c1-9-4-3-5-12(10(9)2)15-11-6-7-13(14-8-11)16(17)18/h6-10,12,15H,3-5H2,1-2H3/t9-,10+,12+/m0/s1. The van der Waals surface area contributed by atoms with Gasteiger partial charge >= 0.3 is 5.82 Å². The highest BCUT2D eigenvalue weighted by atomic mass is 16.6. The van der Waals surface area contributed by atoms with Gasteiger partial charge in [0.2, 0.25) is 0 Å². The molecule has 1 N–H and O–H groups in total. The molecular formula is C13H19N3O2. The Kier molecular flexibility index (Phi) is 3.79. The molecule has 1 saturated carbocycles. The van der Waals surface area contributed by atoms with Crippen LogP contribution in [0.4, 0.5) is 11.5 Å². The number of nitrogens with zero attached hydrogens (tertiary/aromatic N) is 2. The van der Waals surface area contributed by atoms with Crippen molar-refractivity contribution in [2.24, 2.45) is 11.8 Å². The molecule has 0 bridgehead atoms. The number of anilines is 1. The minimum atomic E-state index is -0.477. The van der Waals surface area contributed by atoms with E-state index in [1.165, 1.54) is 18.9 Å². The molecule has 1 aromatic heterocycles. The maximum Gasteiger partial charge on any atom is 0.363 e. The van der Waals surface area contributed by atoms with Gasteiger partial charge in [-0.05, 0) is 34.2 Å². The molecule has 0 saturated heterocycles. The molecule has 3 atom stereocenters. The van der Waals surface area contributed by atoms with Gasteiger partial charge in [0.1, 0.15) is 0 Å². The lowest BCUT2D eigenvalue weighted by atomic mass is 9.78. The first-order valence-corrected chi connectivity index (χ1v) is 6.45. The van der Waals surface area contributed by atoms with Crippen LogP contribution in [-0.4, -0.2) is 15.9 Å². The minimum absolute atomic E-state index is 0.106. The Morgan fingerprint density at radius 1 is 1.39 bits per heavy atom. The van der Waals surface area contributed by atoms with Crippen LogP contribution in [-0.2, 0) is 0 Å². The molecule has 98 valence electrons. The summed E-state index contributed by atoms with van der Waals surface area (Å²) in [6.45, 7) is 4.55. The number of nitro groups is 1. The van der Waals surface area contributed by atoms with Crippen LogP contribution < -0.4 is 5.32 Å². The molecule has 0 aliphatic heterocycles. The molecule has 1 aliphatic rings. The first-order chi connectivity index (χ1) is 8.58. The smallest absolute Gasteiger partial charge is 0.363 e. The van der Waals surface area contributed by atoms with Crippen LogP contribution in [0, 0.1) is 22.0 Å². The van der Waals surface area contributed by atoms with E-state index in [0.717, 1.165) is 18.0 Å². The van der Waals surface area contributed by atoms with Gasteiger partial charge in [-0.1, -0.05) is 26.7 Å². The minimum Gasteiger partial charge on any atom is -0.379 e. The van der Waals surface area contributed by atoms with E-state index in [-0.39, 0.29) is 5.82 Å². The van der Waals surface area contributed by atoms with Crippen LogP contribution in [0.25, 0.3) is 0 Å². The lowest BCUT2D eigenvalue weighted by Gasteiger charge is -2.34.